The standard InChI is InChI=1S/C12H22O2/c13-10-4-5-11-6-9-12(14-11)7-2-1-3-8-12/h11,13H,1-10H2. The van der Waals surface area contributed by atoms with E-state index in [0.717, 1.165) is 12.8 Å². The molecule has 1 unspecified atom stereocenters. The van der Waals surface area contributed by atoms with E-state index in [4.69, 9.17) is 9.84 Å². The lowest BCUT2D eigenvalue weighted by atomic mass is 9.83. The van der Waals surface area contributed by atoms with Gasteiger partial charge in [-0.2, -0.15) is 0 Å². The van der Waals surface area contributed by atoms with E-state index in [-0.39, 0.29) is 5.60 Å². The Kier molecular flexibility index (Phi) is 3.45. The van der Waals surface area contributed by atoms with Gasteiger partial charge < -0.3 is 9.84 Å². The predicted molar refractivity (Wildman–Crippen MR) is 56.2 cm³/mol. The molecule has 1 aliphatic heterocycles. The molecular formula is C12H22O2. The maximum absolute atomic E-state index is 8.77. The topological polar surface area (TPSA) is 29.5 Å². The highest BCUT2D eigenvalue weighted by Gasteiger charge is 2.40. The first-order chi connectivity index (χ1) is 6.85. The van der Waals surface area contributed by atoms with Gasteiger partial charge in [-0.15, -0.1) is 0 Å². The van der Waals surface area contributed by atoms with Crippen LogP contribution in [0.2, 0.25) is 0 Å². The molecule has 1 saturated carbocycles. The van der Waals surface area contributed by atoms with Gasteiger partial charge in [0.15, 0.2) is 0 Å². The van der Waals surface area contributed by atoms with E-state index < -0.39 is 0 Å². The minimum Gasteiger partial charge on any atom is -0.396 e. The molecule has 0 bridgehead atoms. The van der Waals surface area contributed by atoms with E-state index >= 15 is 0 Å². The molecule has 2 heteroatoms. The summed E-state index contributed by atoms with van der Waals surface area (Å²) in [4.78, 5) is 0. The van der Waals surface area contributed by atoms with Crippen molar-refractivity contribution < 1.29 is 9.84 Å². The molecule has 0 aromatic carbocycles. The van der Waals surface area contributed by atoms with Crippen LogP contribution in [0.5, 0.6) is 0 Å². The van der Waals surface area contributed by atoms with Crippen molar-refractivity contribution in [2.75, 3.05) is 6.61 Å². The molecule has 1 atom stereocenters. The van der Waals surface area contributed by atoms with Crippen LogP contribution in [0.4, 0.5) is 0 Å². The first-order valence-electron chi connectivity index (χ1n) is 6.13. The highest BCUT2D eigenvalue weighted by Crippen LogP contribution is 2.42. The summed E-state index contributed by atoms with van der Waals surface area (Å²) in [5.41, 5.74) is 0.262. The zero-order chi connectivity index (χ0) is 9.86. The monoisotopic (exact) mass is 198 g/mol. The van der Waals surface area contributed by atoms with E-state index in [0.29, 0.717) is 12.7 Å². The lowest BCUT2D eigenvalue weighted by Crippen LogP contribution is -2.31. The third-order valence-electron chi connectivity index (χ3n) is 3.79. The fourth-order valence-corrected chi connectivity index (χ4v) is 2.98. The molecule has 2 rings (SSSR count). The van der Waals surface area contributed by atoms with Gasteiger partial charge in [0.1, 0.15) is 0 Å². The largest absolute Gasteiger partial charge is 0.396 e. The number of ether oxygens (including phenoxy) is 1. The van der Waals surface area contributed by atoms with E-state index in [2.05, 4.69) is 0 Å². The first-order valence-corrected chi connectivity index (χ1v) is 6.13. The van der Waals surface area contributed by atoms with E-state index in [1.54, 1.807) is 0 Å². The van der Waals surface area contributed by atoms with Crippen LogP contribution in [0.15, 0.2) is 0 Å². The molecule has 2 nitrogen and oxygen atoms in total. The molecule has 0 aromatic rings. The molecule has 82 valence electrons. The van der Waals surface area contributed by atoms with Gasteiger partial charge in [-0.25, -0.2) is 0 Å². The van der Waals surface area contributed by atoms with Gasteiger partial charge in [-0.05, 0) is 38.5 Å². The summed E-state index contributed by atoms with van der Waals surface area (Å²) in [7, 11) is 0. The van der Waals surface area contributed by atoms with E-state index in [1.165, 1.54) is 44.9 Å². The normalized spacial score (nSPS) is 31.1. The Hall–Kier alpha value is -0.0800. The Balaban J connectivity index is 1.80. The molecule has 2 fully saturated rings. The third-order valence-corrected chi connectivity index (χ3v) is 3.79. The van der Waals surface area contributed by atoms with Crippen LogP contribution in [0.25, 0.3) is 0 Å². The summed E-state index contributed by atoms with van der Waals surface area (Å²) >= 11 is 0. The molecule has 1 N–H and O–H groups in total. The van der Waals surface area contributed by atoms with Crippen molar-refractivity contribution in [3.63, 3.8) is 0 Å². The van der Waals surface area contributed by atoms with Gasteiger partial charge in [0.2, 0.25) is 0 Å². The Bertz CT molecular complexity index is 173. The van der Waals surface area contributed by atoms with Crippen molar-refractivity contribution >= 4 is 0 Å². The van der Waals surface area contributed by atoms with Crippen LogP contribution < -0.4 is 0 Å². The van der Waals surface area contributed by atoms with Crippen LogP contribution in [-0.4, -0.2) is 23.4 Å². The number of rotatable bonds is 3. The number of aliphatic hydroxyl groups is 1. The van der Waals surface area contributed by atoms with Crippen molar-refractivity contribution in [2.24, 2.45) is 0 Å². The van der Waals surface area contributed by atoms with Crippen LogP contribution in [0, 0.1) is 0 Å². The summed E-state index contributed by atoms with van der Waals surface area (Å²) in [6.07, 6.45) is 11.6. The second kappa shape index (κ2) is 4.63. The van der Waals surface area contributed by atoms with Crippen molar-refractivity contribution in [3.05, 3.63) is 0 Å². The number of hydrogen-bond donors (Lipinski definition) is 1. The van der Waals surface area contributed by atoms with Gasteiger partial charge in [0.25, 0.3) is 0 Å². The summed E-state index contributed by atoms with van der Waals surface area (Å²) in [6, 6.07) is 0. The highest BCUT2D eigenvalue weighted by molar-refractivity contribution is 4.91. The molecule has 14 heavy (non-hydrogen) atoms. The minimum atomic E-state index is 0.262. The molecular weight excluding hydrogens is 176 g/mol. The van der Waals surface area contributed by atoms with Crippen LogP contribution in [0.1, 0.15) is 57.8 Å². The Morgan fingerprint density at radius 1 is 1.14 bits per heavy atom. The average molecular weight is 198 g/mol. The van der Waals surface area contributed by atoms with Gasteiger partial charge in [-0.3, -0.25) is 0 Å². The number of hydrogen-bond acceptors (Lipinski definition) is 2. The SMILES string of the molecule is OCCCC1CCC2(CCCCC2)O1. The van der Waals surface area contributed by atoms with Crippen molar-refractivity contribution in [3.8, 4) is 0 Å². The van der Waals surface area contributed by atoms with E-state index in [1.807, 2.05) is 0 Å². The lowest BCUT2D eigenvalue weighted by Gasteiger charge is -2.33. The Morgan fingerprint density at radius 3 is 2.64 bits per heavy atom. The molecule has 2 aliphatic rings. The Labute approximate surface area is 86.6 Å². The van der Waals surface area contributed by atoms with Gasteiger partial charge in [0, 0.05) is 6.61 Å². The van der Waals surface area contributed by atoms with Crippen LogP contribution in [0.3, 0.4) is 0 Å². The molecule has 1 heterocycles. The molecule has 0 amide bonds. The zero-order valence-electron chi connectivity index (χ0n) is 9.00. The molecule has 0 radical (unpaired) electrons. The van der Waals surface area contributed by atoms with Crippen molar-refractivity contribution in [1.82, 2.24) is 0 Å². The second-order valence-electron chi connectivity index (χ2n) is 4.89. The van der Waals surface area contributed by atoms with Crippen LogP contribution >= 0.6 is 0 Å². The highest BCUT2D eigenvalue weighted by atomic mass is 16.5. The van der Waals surface area contributed by atoms with Gasteiger partial charge in [-0.1, -0.05) is 19.3 Å². The van der Waals surface area contributed by atoms with Crippen LogP contribution in [-0.2, 0) is 4.74 Å². The maximum atomic E-state index is 8.77. The number of aliphatic hydroxyl groups excluding tert-OH is 1. The maximum Gasteiger partial charge on any atom is 0.0687 e. The minimum absolute atomic E-state index is 0.262. The third kappa shape index (κ3) is 2.29. The summed E-state index contributed by atoms with van der Waals surface area (Å²) in [6.45, 7) is 0.312. The second-order valence-corrected chi connectivity index (χ2v) is 4.89. The molecule has 1 saturated heterocycles. The zero-order valence-corrected chi connectivity index (χ0v) is 9.00. The predicted octanol–water partition coefficient (Wildman–Crippen LogP) is 2.64. The van der Waals surface area contributed by atoms with E-state index in [9.17, 15) is 0 Å². The molecule has 1 spiro atoms. The smallest absolute Gasteiger partial charge is 0.0687 e. The Morgan fingerprint density at radius 2 is 1.93 bits per heavy atom. The molecule has 1 aliphatic carbocycles. The lowest BCUT2D eigenvalue weighted by molar-refractivity contribution is -0.0667. The fourth-order valence-electron chi connectivity index (χ4n) is 2.98. The first kappa shape index (κ1) is 10.4. The fraction of sp³-hybridized carbons (Fsp3) is 1.00. The molecule has 0 aromatic heterocycles. The quantitative estimate of drug-likeness (QED) is 0.755. The van der Waals surface area contributed by atoms with Gasteiger partial charge >= 0.3 is 0 Å². The summed E-state index contributed by atoms with van der Waals surface area (Å²) in [5, 5.41) is 8.77. The van der Waals surface area contributed by atoms with Gasteiger partial charge in [0.05, 0.1) is 11.7 Å². The van der Waals surface area contributed by atoms with Crippen molar-refractivity contribution in [2.45, 2.75) is 69.5 Å². The summed E-state index contributed by atoms with van der Waals surface area (Å²) in [5.74, 6) is 0. The average Bonchev–Trinajstić information content (AvgIpc) is 2.60. The van der Waals surface area contributed by atoms with Crippen molar-refractivity contribution in [1.29, 1.82) is 0 Å². The summed E-state index contributed by atoms with van der Waals surface area (Å²) < 4.78 is 6.18.